The summed E-state index contributed by atoms with van der Waals surface area (Å²) in [6.07, 6.45) is 1.95. The quantitative estimate of drug-likeness (QED) is 0.830. The Morgan fingerprint density at radius 3 is 2.58 bits per heavy atom. The molecule has 4 rings (SSSR count). The summed E-state index contributed by atoms with van der Waals surface area (Å²) in [6, 6.07) is 8.61. The van der Waals surface area contributed by atoms with Gasteiger partial charge in [-0.25, -0.2) is 0 Å². The second-order valence-corrected chi connectivity index (χ2v) is 6.56. The van der Waals surface area contributed by atoms with Gasteiger partial charge in [0.05, 0.1) is 25.6 Å². The summed E-state index contributed by atoms with van der Waals surface area (Å²) in [6.45, 7) is 1.88. The van der Waals surface area contributed by atoms with E-state index in [1.807, 2.05) is 12.1 Å². The average molecular weight is 325 g/mol. The van der Waals surface area contributed by atoms with Crippen molar-refractivity contribution in [2.75, 3.05) is 32.2 Å². The van der Waals surface area contributed by atoms with Crippen LogP contribution >= 0.6 is 0 Å². The lowest BCUT2D eigenvalue weighted by molar-refractivity contribution is 0.158. The fourth-order valence-electron chi connectivity index (χ4n) is 4.08. The van der Waals surface area contributed by atoms with Crippen LogP contribution in [0.5, 0.6) is 11.5 Å². The van der Waals surface area contributed by atoms with Crippen LogP contribution in [0, 0.1) is 0 Å². The number of hydrogen-bond acceptors (Lipinski definition) is 5. The SMILES string of the molecule is COc1ccc2c(c1OC)CN1CCc3cc(N)c(N)cc3C1C2. The topological polar surface area (TPSA) is 73.7 Å². The van der Waals surface area contributed by atoms with Crippen molar-refractivity contribution in [3.63, 3.8) is 0 Å². The molecule has 5 heteroatoms. The van der Waals surface area contributed by atoms with E-state index in [0.717, 1.165) is 37.4 Å². The normalized spacial score (nSPS) is 19.2. The van der Waals surface area contributed by atoms with Crippen molar-refractivity contribution in [2.45, 2.75) is 25.4 Å². The third kappa shape index (κ3) is 2.19. The van der Waals surface area contributed by atoms with Gasteiger partial charge in [-0.3, -0.25) is 4.90 Å². The van der Waals surface area contributed by atoms with Crippen molar-refractivity contribution in [3.05, 3.63) is 46.5 Å². The van der Waals surface area contributed by atoms with E-state index in [1.165, 1.54) is 22.3 Å². The largest absolute Gasteiger partial charge is 0.493 e. The standard InChI is InChI=1S/C19H23N3O2/c1-23-18-4-3-11-8-17-13-9-16(21)15(20)7-12(13)5-6-22(17)10-14(11)19(18)24-2/h3-4,7,9,17H,5-6,8,10,20-21H2,1-2H3. The third-order valence-corrected chi connectivity index (χ3v) is 5.33. The molecule has 126 valence electrons. The Morgan fingerprint density at radius 2 is 1.83 bits per heavy atom. The molecule has 0 saturated heterocycles. The maximum absolute atomic E-state index is 6.06. The second kappa shape index (κ2) is 5.60. The van der Waals surface area contributed by atoms with Crippen molar-refractivity contribution in [1.29, 1.82) is 0 Å². The molecule has 0 aliphatic carbocycles. The number of fused-ring (bicyclic) bond motifs is 4. The lowest BCUT2D eigenvalue weighted by atomic mass is 9.83. The van der Waals surface area contributed by atoms with Crippen molar-refractivity contribution in [3.8, 4) is 11.5 Å². The fourth-order valence-corrected chi connectivity index (χ4v) is 4.08. The van der Waals surface area contributed by atoms with Gasteiger partial charge in [0.1, 0.15) is 0 Å². The van der Waals surface area contributed by atoms with E-state index >= 15 is 0 Å². The predicted molar refractivity (Wildman–Crippen MR) is 95.4 cm³/mol. The molecule has 2 aromatic carbocycles. The van der Waals surface area contributed by atoms with Gasteiger partial charge in [0, 0.05) is 24.7 Å². The molecule has 0 radical (unpaired) electrons. The third-order valence-electron chi connectivity index (χ3n) is 5.33. The highest BCUT2D eigenvalue weighted by atomic mass is 16.5. The van der Waals surface area contributed by atoms with Gasteiger partial charge in [-0.1, -0.05) is 6.07 Å². The van der Waals surface area contributed by atoms with E-state index < -0.39 is 0 Å². The lowest BCUT2D eigenvalue weighted by Crippen LogP contribution is -2.39. The molecule has 0 bridgehead atoms. The van der Waals surface area contributed by atoms with Crippen molar-refractivity contribution < 1.29 is 9.47 Å². The molecule has 24 heavy (non-hydrogen) atoms. The van der Waals surface area contributed by atoms with Crippen molar-refractivity contribution >= 4 is 11.4 Å². The number of nitrogens with zero attached hydrogens (tertiary/aromatic N) is 1. The van der Waals surface area contributed by atoms with E-state index in [9.17, 15) is 0 Å². The highest BCUT2D eigenvalue weighted by molar-refractivity contribution is 5.67. The first-order valence-electron chi connectivity index (χ1n) is 8.27. The molecule has 2 aliphatic heterocycles. The second-order valence-electron chi connectivity index (χ2n) is 6.56. The fraction of sp³-hybridized carbons (Fsp3) is 0.368. The van der Waals surface area contributed by atoms with E-state index in [4.69, 9.17) is 20.9 Å². The smallest absolute Gasteiger partial charge is 0.165 e. The molecule has 0 spiro atoms. The predicted octanol–water partition coefficient (Wildman–Crippen LogP) is 2.52. The summed E-state index contributed by atoms with van der Waals surface area (Å²) < 4.78 is 11.1. The minimum atomic E-state index is 0.349. The molecule has 2 heterocycles. The maximum atomic E-state index is 6.06. The van der Waals surface area contributed by atoms with Crippen LogP contribution in [0.1, 0.15) is 28.3 Å². The minimum absolute atomic E-state index is 0.349. The molecule has 1 unspecified atom stereocenters. The van der Waals surface area contributed by atoms with E-state index in [1.54, 1.807) is 14.2 Å². The van der Waals surface area contributed by atoms with Gasteiger partial charge in [-0.2, -0.15) is 0 Å². The monoisotopic (exact) mass is 325 g/mol. The Labute approximate surface area is 142 Å². The summed E-state index contributed by atoms with van der Waals surface area (Å²) in [7, 11) is 3.39. The summed E-state index contributed by atoms with van der Waals surface area (Å²) >= 11 is 0. The lowest BCUT2D eigenvalue weighted by Gasteiger charge is -2.42. The molecule has 0 aromatic heterocycles. The number of nitrogen functional groups attached to an aromatic ring is 2. The first-order valence-corrected chi connectivity index (χ1v) is 8.27. The van der Waals surface area contributed by atoms with Crippen LogP contribution in [0.4, 0.5) is 11.4 Å². The molecule has 2 aromatic rings. The van der Waals surface area contributed by atoms with Gasteiger partial charge in [-0.05, 0) is 47.7 Å². The summed E-state index contributed by atoms with van der Waals surface area (Å²) in [4.78, 5) is 2.50. The average Bonchev–Trinajstić information content (AvgIpc) is 2.60. The van der Waals surface area contributed by atoms with Crippen LogP contribution in [0.2, 0.25) is 0 Å². The molecule has 2 aliphatic rings. The molecule has 0 amide bonds. The number of methoxy groups -OCH3 is 2. The van der Waals surface area contributed by atoms with Gasteiger partial charge < -0.3 is 20.9 Å². The Bertz CT molecular complexity index is 804. The van der Waals surface area contributed by atoms with Crippen LogP contribution in [-0.2, 0) is 19.4 Å². The molecular weight excluding hydrogens is 302 g/mol. The highest BCUT2D eigenvalue weighted by Crippen LogP contribution is 2.44. The Hall–Kier alpha value is -2.40. The van der Waals surface area contributed by atoms with Gasteiger partial charge in [0.15, 0.2) is 11.5 Å². The van der Waals surface area contributed by atoms with Gasteiger partial charge in [-0.15, -0.1) is 0 Å². The molecular formula is C19H23N3O2. The first-order chi connectivity index (χ1) is 11.6. The van der Waals surface area contributed by atoms with E-state index in [2.05, 4.69) is 17.0 Å². The zero-order valence-corrected chi connectivity index (χ0v) is 14.1. The van der Waals surface area contributed by atoms with Gasteiger partial charge in [0.2, 0.25) is 0 Å². The molecule has 5 nitrogen and oxygen atoms in total. The minimum Gasteiger partial charge on any atom is -0.493 e. The van der Waals surface area contributed by atoms with Crippen molar-refractivity contribution in [1.82, 2.24) is 4.90 Å². The molecule has 0 saturated carbocycles. The molecule has 0 fully saturated rings. The Balaban J connectivity index is 1.78. The zero-order valence-electron chi connectivity index (χ0n) is 14.1. The number of ether oxygens (including phenoxy) is 2. The number of rotatable bonds is 2. The molecule has 1 atom stereocenters. The van der Waals surface area contributed by atoms with E-state index in [0.29, 0.717) is 17.4 Å². The number of nitrogens with two attached hydrogens (primary N) is 2. The Morgan fingerprint density at radius 1 is 1.04 bits per heavy atom. The first kappa shape index (κ1) is 15.1. The highest BCUT2D eigenvalue weighted by Gasteiger charge is 2.34. The van der Waals surface area contributed by atoms with E-state index in [-0.39, 0.29) is 0 Å². The summed E-state index contributed by atoms with van der Waals surface area (Å²) in [5.74, 6) is 1.65. The van der Waals surface area contributed by atoms with Crippen LogP contribution in [-0.4, -0.2) is 25.7 Å². The number of hydrogen-bond donors (Lipinski definition) is 2. The van der Waals surface area contributed by atoms with Crippen LogP contribution < -0.4 is 20.9 Å². The van der Waals surface area contributed by atoms with Crippen LogP contribution in [0.3, 0.4) is 0 Å². The van der Waals surface area contributed by atoms with Crippen molar-refractivity contribution in [2.24, 2.45) is 0 Å². The maximum Gasteiger partial charge on any atom is 0.165 e. The van der Waals surface area contributed by atoms with Gasteiger partial charge in [0.25, 0.3) is 0 Å². The Kier molecular flexibility index (Phi) is 3.53. The number of anilines is 2. The number of benzene rings is 2. The molecule has 4 N–H and O–H groups in total. The van der Waals surface area contributed by atoms with Crippen LogP contribution in [0.15, 0.2) is 24.3 Å². The summed E-state index contributed by atoms with van der Waals surface area (Å²) in [5.41, 5.74) is 18.6. The van der Waals surface area contributed by atoms with Gasteiger partial charge >= 0.3 is 0 Å². The zero-order chi connectivity index (χ0) is 16.8. The van der Waals surface area contributed by atoms with Crippen LogP contribution in [0.25, 0.3) is 0 Å². The summed E-state index contributed by atoms with van der Waals surface area (Å²) in [5, 5.41) is 0.